The van der Waals surface area contributed by atoms with Crippen molar-refractivity contribution in [1.29, 1.82) is 0 Å². The molecule has 0 saturated carbocycles. The SMILES string of the molecule is CN1CCCC(CNc2ccc(Cl)cc2Br)C1. The van der Waals surface area contributed by atoms with Crippen LogP contribution < -0.4 is 5.32 Å². The summed E-state index contributed by atoms with van der Waals surface area (Å²) in [6.07, 6.45) is 2.63. The van der Waals surface area contributed by atoms with Crippen LogP contribution in [0.2, 0.25) is 5.02 Å². The molecule has 1 atom stereocenters. The number of hydrogen-bond donors (Lipinski definition) is 1. The number of halogens is 2. The van der Waals surface area contributed by atoms with Crippen molar-refractivity contribution in [2.75, 3.05) is 32.0 Å². The first-order valence-electron chi connectivity index (χ1n) is 6.02. The minimum Gasteiger partial charge on any atom is -0.384 e. The molecule has 0 aliphatic carbocycles. The number of rotatable bonds is 3. The van der Waals surface area contributed by atoms with Gasteiger partial charge in [0.2, 0.25) is 0 Å². The molecule has 0 spiro atoms. The van der Waals surface area contributed by atoms with Gasteiger partial charge in [-0.15, -0.1) is 0 Å². The van der Waals surface area contributed by atoms with Crippen molar-refractivity contribution in [3.05, 3.63) is 27.7 Å². The number of benzene rings is 1. The summed E-state index contributed by atoms with van der Waals surface area (Å²) in [4.78, 5) is 2.41. The van der Waals surface area contributed by atoms with Crippen LogP contribution in [0.4, 0.5) is 5.69 Å². The monoisotopic (exact) mass is 316 g/mol. The summed E-state index contributed by atoms with van der Waals surface area (Å²) in [5.41, 5.74) is 1.13. The van der Waals surface area contributed by atoms with E-state index in [0.717, 1.165) is 27.6 Å². The van der Waals surface area contributed by atoms with Gasteiger partial charge in [-0.2, -0.15) is 0 Å². The highest BCUT2D eigenvalue weighted by atomic mass is 79.9. The van der Waals surface area contributed by atoms with E-state index in [0.29, 0.717) is 0 Å². The number of nitrogens with one attached hydrogen (secondary N) is 1. The Morgan fingerprint density at radius 1 is 1.53 bits per heavy atom. The van der Waals surface area contributed by atoms with E-state index in [4.69, 9.17) is 11.6 Å². The Hall–Kier alpha value is -0.250. The van der Waals surface area contributed by atoms with Crippen molar-refractivity contribution in [2.24, 2.45) is 5.92 Å². The van der Waals surface area contributed by atoms with Gasteiger partial charge >= 0.3 is 0 Å². The molecule has 1 aromatic rings. The molecule has 1 heterocycles. The summed E-state index contributed by atoms with van der Waals surface area (Å²) >= 11 is 9.45. The molecule has 0 aromatic heterocycles. The topological polar surface area (TPSA) is 15.3 Å². The van der Waals surface area contributed by atoms with Gasteiger partial charge in [0.15, 0.2) is 0 Å². The Labute approximate surface area is 116 Å². The zero-order chi connectivity index (χ0) is 12.3. The summed E-state index contributed by atoms with van der Waals surface area (Å²) in [7, 11) is 2.20. The minimum absolute atomic E-state index is 0.747. The number of piperidine rings is 1. The Morgan fingerprint density at radius 3 is 3.06 bits per heavy atom. The van der Waals surface area contributed by atoms with E-state index in [1.54, 1.807) is 0 Å². The lowest BCUT2D eigenvalue weighted by Crippen LogP contribution is -2.35. The molecule has 1 unspecified atom stereocenters. The van der Waals surface area contributed by atoms with Crippen LogP contribution in [-0.2, 0) is 0 Å². The summed E-state index contributed by atoms with van der Waals surface area (Å²) in [6.45, 7) is 3.46. The Balaban J connectivity index is 1.88. The first-order valence-corrected chi connectivity index (χ1v) is 7.19. The van der Waals surface area contributed by atoms with Crippen molar-refractivity contribution in [1.82, 2.24) is 4.90 Å². The van der Waals surface area contributed by atoms with Crippen LogP contribution in [0.15, 0.2) is 22.7 Å². The lowest BCUT2D eigenvalue weighted by atomic mass is 9.98. The largest absolute Gasteiger partial charge is 0.384 e. The molecule has 1 fully saturated rings. The molecule has 0 amide bonds. The predicted molar refractivity (Wildman–Crippen MR) is 77.9 cm³/mol. The maximum Gasteiger partial charge on any atom is 0.0485 e. The standard InChI is InChI=1S/C13H18BrClN2/c1-17-6-2-3-10(9-17)8-16-13-5-4-11(15)7-12(13)14/h4-5,7,10,16H,2-3,6,8-9H2,1H3. The summed E-state index contributed by atoms with van der Waals surface area (Å²) in [5.74, 6) is 0.747. The first kappa shape index (κ1) is 13.2. The van der Waals surface area contributed by atoms with Crippen molar-refractivity contribution in [3.63, 3.8) is 0 Å². The third-order valence-corrected chi connectivity index (χ3v) is 4.13. The van der Waals surface area contributed by atoms with E-state index in [9.17, 15) is 0 Å². The van der Waals surface area contributed by atoms with Gasteiger partial charge in [0, 0.05) is 28.3 Å². The van der Waals surface area contributed by atoms with E-state index in [-0.39, 0.29) is 0 Å². The zero-order valence-corrected chi connectivity index (χ0v) is 12.4. The molecular weight excluding hydrogens is 300 g/mol. The Morgan fingerprint density at radius 2 is 2.35 bits per heavy atom. The summed E-state index contributed by atoms with van der Waals surface area (Å²) in [5, 5.41) is 4.26. The average molecular weight is 318 g/mol. The smallest absolute Gasteiger partial charge is 0.0485 e. The van der Waals surface area contributed by atoms with E-state index in [1.165, 1.54) is 25.9 Å². The van der Waals surface area contributed by atoms with E-state index in [2.05, 4.69) is 33.2 Å². The quantitative estimate of drug-likeness (QED) is 0.911. The minimum atomic E-state index is 0.747. The fourth-order valence-corrected chi connectivity index (χ4v) is 3.15. The van der Waals surface area contributed by atoms with Crippen LogP contribution in [-0.4, -0.2) is 31.6 Å². The fourth-order valence-electron chi connectivity index (χ4n) is 2.33. The first-order chi connectivity index (χ1) is 8.15. The highest BCUT2D eigenvalue weighted by Crippen LogP contribution is 2.26. The highest BCUT2D eigenvalue weighted by molar-refractivity contribution is 9.10. The molecule has 1 saturated heterocycles. The molecular formula is C13H18BrClN2. The van der Waals surface area contributed by atoms with Gasteiger partial charge < -0.3 is 10.2 Å². The van der Waals surface area contributed by atoms with Gasteiger partial charge in [-0.1, -0.05) is 11.6 Å². The van der Waals surface area contributed by atoms with Crippen molar-refractivity contribution >= 4 is 33.2 Å². The molecule has 1 aromatic carbocycles. The number of hydrogen-bond acceptors (Lipinski definition) is 2. The number of likely N-dealkylation sites (tertiary alicyclic amines) is 1. The van der Waals surface area contributed by atoms with Gasteiger partial charge in [0.1, 0.15) is 0 Å². The number of anilines is 1. The molecule has 17 heavy (non-hydrogen) atoms. The normalized spacial score (nSPS) is 21.5. The maximum absolute atomic E-state index is 5.92. The van der Waals surface area contributed by atoms with Crippen molar-refractivity contribution in [2.45, 2.75) is 12.8 Å². The third kappa shape index (κ3) is 3.87. The van der Waals surface area contributed by atoms with Gasteiger partial charge in [0.25, 0.3) is 0 Å². The van der Waals surface area contributed by atoms with Gasteiger partial charge in [-0.05, 0) is 66.5 Å². The predicted octanol–water partition coefficient (Wildman–Crippen LogP) is 3.86. The molecule has 0 bridgehead atoms. The van der Waals surface area contributed by atoms with Gasteiger partial charge in [-0.3, -0.25) is 0 Å². The molecule has 2 nitrogen and oxygen atoms in total. The summed E-state index contributed by atoms with van der Waals surface area (Å²) in [6, 6.07) is 5.87. The second kappa shape index (κ2) is 6.07. The van der Waals surface area contributed by atoms with Crippen LogP contribution in [0.3, 0.4) is 0 Å². The van der Waals surface area contributed by atoms with Gasteiger partial charge in [0.05, 0.1) is 0 Å². The molecule has 4 heteroatoms. The lowest BCUT2D eigenvalue weighted by molar-refractivity contribution is 0.217. The lowest BCUT2D eigenvalue weighted by Gasteiger charge is -2.30. The average Bonchev–Trinajstić information content (AvgIpc) is 2.28. The Bertz CT molecular complexity index is 384. The second-order valence-corrected chi connectivity index (χ2v) is 6.07. The van der Waals surface area contributed by atoms with Crippen molar-refractivity contribution < 1.29 is 0 Å². The Kier molecular flexibility index (Phi) is 4.71. The van der Waals surface area contributed by atoms with Crippen LogP contribution in [0.5, 0.6) is 0 Å². The van der Waals surface area contributed by atoms with E-state index < -0.39 is 0 Å². The molecule has 2 rings (SSSR count). The molecule has 0 radical (unpaired) electrons. The molecule has 94 valence electrons. The molecule has 1 aliphatic rings. The zero-order valence-electron chi connectivity index (χ0n) is 10.0. The maximum atomic E-state index is 5.92. The van der Waals surface area contributed by atoms with Crippen LogP contribution >= 0.6 is 27.5 Å². The van der Waals surface area contributed by atoms with E-state index in [1.807, 2.05) is 18.2 Å². The van der Waals surface area contributed by atoms with Crippen LogP contribution in [0.1, 0.15) is 12.8 Å². The summed E-state index contributed by atoms with van der Waals surface area (Å²) < 4.78 is 1.04. The van der Waals surface area contributed by atoms with Crippen molar-refractivity contribution in [3.8, 4) is 0 Å². The van der Waals surface area contributed by atoms with E-state index >= 15 is 0 Å². The highest BCUT2D eigenvalue weighted by Gasteiger charge is 2.16. The van der Waals surface area contributed by atoms with Gasteiger partial charge in [-0.25, -0.2) is 0 Å². The fraction of sp³-hybridized carbons (Fsp3) is 0.538. The third-order valence-electron chi connectivity index (χ3n) is 3.23. The van der Waals surface area contributed by atoms with Crippen LogP contribution in [0.25, 0.3) is 0 Å². The molecule has 1 aliphatic heterocycles. The van der Waals surface area contributed by atoms with Crippen LogP contribution in [0, 0.1) is 5.92 Å². The number of nitrogens with zero attached hydrogens (tertiary/aromatic N) is 1. The second-order valence-electron chi connectivity index (χ2n) is 4.78. The molecule has 1 N–H and O–H groups in total.